The minimum Gasteiger partial charge on any atom is -0.480 e. The Hall–Kier alpha value is -3.15. The van der Waals surface area contributed by atoms with Crippen LogP contribution in [0.5, 0.6) is 0 Å². The number of aliphatic carboxylic acids is 2. The van der Waals surface area contributed by atoms with Gasteiger partial charge < -0.3 is 56.7 Å². The van der Waals surface area contributed by atoms with Gasteiger partial charge in [-0.1, -0.05) is 0 Å². The van der Waals surface area contributed by atoms with Gasteiger partial charge in [-0.05, 0) is 18.9 Å². The minimum atomic E-state index is -1.62. The van der Waals surface area contributed by atoms with Crippen LogP contribution < -0.4 is 16.8 Å². The maximum Gasteiger partial charge on any atom is 0.320 e. The Morgan fingerprint density at radius 1 is 1.06 bits per heavy atom. The third-order valence-corrected chi connectivity index (χ3v) is 5.21. The average Bonchev–Trinajstić information content (AvgIpc) is 3.07. The predicted octanol–water partition coefficient (Wildman–Crippen LogP) is -4.02. The van der Waals surface area contributed by atoms with Gasteiger partial charge in [-0.2, -0.15) is 0 Å². The second kappa shape index (κ2) is 12.5. The number of rotatable bonds is 11. The lowest BCUT2D eigenvalue weighted by Crippen LogP contribution is -2.48. The Balaban J connectivity index is 1.85. The Morgan fingerprint density at radius 2 is 1.66 bits per heavy atom. The van der Waals surface area contributed by atoms with Crippen molar-refractivity contribution < 1.29 is 54.2 Å². The fourth-order valence-electron chi connectivity index (χ4n) is 3.13. The molecule has 0 radical (unpaired) electrons. The first-order valence-electron chi connectivity index (χ1n) is 10.6. The molecule has 35 heavy (non-hydrogen) atoms. The van der Waals surface area contributed by atoms with Crippen LogP contribution >= 0.6 is 0 Å². The number of ether oxygens (including phenoxy) is 2. The molecule has 0 aromatic rings. The zero-order valence-corrected chi connectivity index (χ0v) is 18.5. The lowest BCUT2D eigenvalue weighted by molar-refractivity contribution is -0.155. The Morgan fingerprint density at radius 3 is 2.23 bits per heavy atom. The van der Waals surface area contributed by atoms with Gasteiger partial charge in [0.05, 0.1) is 0 Å². The summed E-state index contributed by atoms with van der Waals surface area (Å²) in [5.74, 6) is -3.90. The second-order valence-electron chi connectivity index (χ2n) is 7.87. The maximum absolute atomic E-state index is 11.9. The van der Waals surface area contributed by atoms with E-state index in [0.717, 1.165) is 4.90 Å². The zero-order chi connectivity index (χ0) is 26.3. The van der Waals surface area contributed by atoms with E-state index in [4.69, 9.17) is 31.2 Å². The lowest BCUT2D eigenvalue weighted by Gasteiger charge is -2.33. The molecule has 0 spiro atoms. The molecule has 16 heteroatoms. The summed E-state index contributed by atoms with van der Waals surface area (Å²) in [7, 11) is 0. The molecule has 0 saturated carbocycles. The van der Waals surface area contributed by atoms with Gasteiger partial charge in [0, 0.05) is 19.0 Å². The standard InChI is InChI=1S/C19H29N5O11/c20-8(17(29)30)1-3-12(25)22-11-5-6-24(19(33)23-11)16-15(28)14(27)10(35-16)7-34-13(26)4-2-9(21)18(31)32/h5-6,8-10,14-16,19,27-28,33H,1-4,7,20-21H2,(H,29,30)(H,31,32)(H,22,23,25)/t8-,9-,10+,14?,15?,16+,19?/m0/s1. The number of esters is 1. The number of nitrogens with zero attached hydrogens (tertiary/aromatic N) is 2. The molecule has 0 aromatic carbocycles. The zero-order valence-electron chi connectivity index (χ0n) is 18.5. The normalized spacial score (nSPS) is 27.6. The summed E-state index contributed by atoms with van der Waals surface area (Å²) >= 11 is 0. The van der Waals surface area contributed by atoms with Crippen LogP contribution in [0, 0.1) is 0 Å². The first-order chi connectivity index (χ1) is 16.4. The quantitative estimate of drug-likeness (QED) is 0.125. The number of aliphatic hydroxyl groups is 3. The number of aliphatic hydroxyl groups excluding tert-OH is 3. The number of carboxylic acid groups (broad SMARTS) is 2. The molecule has 0 aliphatic carbocycles. The lowest BCUT2D eigenvalue weighted by atomic mass is 10.1. The number of carbonyl (C=O) groups excluding carboxylic acids is 2. The molecule has 10 N–H and O–H groups in total. The van der Waals surface area contributed by atoms with Crippen LogP contribution in [0.3, 0.4) is 0 Å². The first kappa shape index (κ1) is 28.1. The number of amidine groups is 1. The molecule has 2 rings (SSSR count). The van der Waals surface area contributed by atoms with Crippen molar-refractivity contribution in [3.8, 4) is 0 Å². The van der Waals surface area contributed by atoms with Gasteiger partial charge in [0.15, 0.2) is 6.23 Å². The van der Waals surface area contributed by atoms with E-state index in [1.165, 1.54) is 12.3 Å². The predicted molar refractivity (Wildman–Crippen MR) is 114 cm³/mol. The SMILES string of the molecule is N[C@@H](CCC(=O)NC1=NC(O)N([C@@H]2O[C@H](COC(=O)CC[C@H](N)C(=O)O)C(O)C2O)C=C1)C(=O)O. The van der Waals surface area contributed by atoms with E-state index in [1.807, 2.05) is 0 Å². The van der Waals surface area contributed by atoms with Gasteiger partial charge in [-0.3, -0.25) is 19.2 Å². The minimum absolute atomic E-state index is 0.0410. The summed E-state index contributed by atoms with van der Waals surface area (Å²) in [5, 5.41) is 50.7. The third kappa shape index (κ3) is 7.94. The Bertz CT molecular complexity index is 866. The van der Waals surface area contributed by atoms with E-state index < -0.39 is 73.4 Å². The van der Waals surface area contributed by atoms with Gasteiger partial charge in [0.1, 0.15) is 42.8 Å². The highest BCUT2D eigenvalue weighted by atomic mass is 16.6. The third-order valence-electron chi connectivity index (χ3n) is 5.21. The summed E-state index contributed by atoms with van der Waals surface area (Å²) in [5.41, 5.74) is 10.6. The van der Waals surface area contributed by atoms with Gasteiger partial charge in [-0.15, -0.1) is 0 Å². The molecule has 2 aliphatic rings. The molecule has 196 valence electrons. The molecule has 1 fully saturated rings. The van der Waals surface area contributed by atoms with E-state index in [9.17, 15) is 34.5 Å². The Kier molecular flexibility index (Phi) is 10.1. The molecule has 1 saturated heterocycles. The number of nitrogens with two attached hydrogens (primary N) is 2. The average molecular weight is 503 g/mol. The summed E-state index contributed by atoms with van der Waals surface area (Å²) in [6, 6.07) is -2.43. The molecule has 0 bridgehead atoms. The monoisotopic (exact) mass is 503 g/mol. The number of carbonyl (C=O) groups is 4. The van der Waals surface area contributed by atoms with Crippen molar-refractivity contribution in [3.63, 3.8) is 0 Å². The molecule has 2 aliphatic heterocycles. The van der Waals surface area contributed by atoms with Crippen molar-refractivity contribution >= 4 is 29.7 Å². The van der Waals surface area contributed by atoms with Crippen molar-refractivity contribution in [2.45, 2.75) is 68.7 Å². The largest absolute Gasteiger partial charge is 0.480 e. The van der Waals surface area contributed by atoms with E-state index >= 15 is 0 Å². The fourth-order valence-corrected chi connectivity index (χ4v) is 3.13. The molecular formula is C19H29N5O11. The summed E-state index contributed by atoms with van der Waals surface area (Å²) in [6.07, 6.45) is -5.27. The number of carboxylic acids is 2. The smallest absolute Gasteiger partial charge is 0.320 e. The molecule has 2 heterocycles. The van der Waals surface area contributed by atoms with Crippen LogP contribution in [0.15, 0.2) is 17.3 Å². The summed E-state index contributed by atoms with van der Waals surface area (Å²) in [6.45, 7) is -0.452. The second-order valence-corrected chi connectivity index (χ2v) is 7.87. The van der Waals surface area contributed by atoms with Crippen molar-refractivity contribution in [3.05, 3.63) is 12.3 Å². The number of nitrogens with one attached hydrogen (secondary N) is 1. The number of amides is 1. The van der Waals surface area contributed by atoms with Crippen LogP contribution in [-0.4, -0.2) is 110 Å². The summed E-state index contributed by atoms with van der Waals surface area (Å²) in [4.78, 5) is 50.0. The van der Waals surface area contributed by atoms with Crippen LogP contribution in [0.4, 0.5) is 0 Å². The molecule has 7 atom stereocenters. The highest BCUT2D eigenvalue weighted by molar-refractivity contribution is 6.04. The van der Waals surface area contributed by atoms with E-state index in [2.05, 4.69) is 10.3 Å². The molecule has 3 unspecified atom stereocenters. The van der Waals surface area contributed by atoms with Gasteiger partial charge in [-0.25, -0.2) is 4.99 Å². The van der Waals surface area contributed by atoms with Gasteiger partial charge in [0.2, 0.25) is 12.3 Å². The van der Waals surface area contributed by atoms with Crippen molar-refractivity contribution in [1.82, 2.24) is 10.2 Å². The van der Waals surface area contributed by atoms with Crippen LogP contribution in [0.25, 0.3) is 0 Å². The number of hydrogen-bond acceptors (Lipinski definition) is 13. The number of hydrogen-bond donors (Lipinski definition) is 8. The molecule has 16 nitrogen and oxygen atoms in total. The first-order valence-corrected chi connectivity index (χ1v) is 10.6. The molecule has 1 amide bonds. The van der Waals surface area contributed by atoms with Gasteiger partial charge >= 0.3 is 17.9 Å². The van der Waals surface area contributed by atoms with Crippen molar-refractivity contribution in [2.24, 2.45) is 16.5 Å². The molecular weight excluding hydrogens is 474 g/mol. The highest BCUT2D eigenvalue weighted by Gasteiger charge is 2.47. The topological polar surface area (TPSA) is 268 Å². The van der Waals surface area contributed by atoms with E-state index in [0.29, 0.717) is 0 Å². The summed E-state index contributed by atoms with van der Waals surface area (Å²) < 4.78 is 10.5. The Labute approximate surface area is 198 Å². The van der Waals surface area contributed by atoms with Crippen molar-refractivity contribution in [2.75, 3.05) is 6.61 Å². The van der Waals surface area contributed by atoms with E-state index in [-0.39, 0.29) is 31.5 Å². The highest BCUT2D eigenvalue weighted by Crippen LogP contribution is 2.27. The van der Waals surface area contributed by atoms with Crippen LogP contribution in [0.2, 0.25) is 0 Å². The molecule has 0 aromatic heterocycles. The van der Waals surface area contributed by atoms with Gasteiger partial charge in [0.25, 0.3) is 0 Å². The number of aliphatic imine (C=N–C) groups is 1. The van der Waals surface area contributed by atoms with Crippen LogP contribution in [0.1, 0.15) is 25.7 Å². The van der Waals surface area contributed by atoms with E-state index in [1.54, 1.807) is 0 Å². The van der Waals surface area contributed by atoms with Crippen LogP contribution in [-0.2, 0) is 28.7 Å². The maximum atomic E-state index is 11.9. The fraction of sp³-hybridized carbons (Fsp3) is 0.632. The van der Waals surface area contributed by atoms with Crippen molar-refractivity contribution in [1.29, 1.82) is 0 Å².